The van der Waals surface area contributed by atoms with E-state index in [1.807, 2.05) is 0 Å². The van der Waals surface area contributed by atoms with Gasteiger partial charge in [0.1, 0.15) is 12.7 Å². The number of carboxylic acid groups (broad SMARTS) is 1. The maximum atomic E-state index is 10.6. The maximum Gasteiger partial charge on any atom is 0.490 e. The van der Waals surface area contributed by atoms with E-state index in [0.717, 1.165) is 18.8 Å². The minimum absolute atomic E-state index is 0.0556. The van der Waals surface area contributed by atoms with Crippen molar-refractivity contribution in [3.05, 3.63) is 0 Å². The molecule has 0 aromatic heterocycles. The van der Waals surface area contributed by atoms with Crippen molar-refractivity contribution in [3.8, 4) is 0 Å². The first-order valence-corrected chi connectivity index (χ1v) is 4.74. The summed E-state index contributed by atoms with van der Waals surface area (Å²) in [6.07, 6.45) is -5.91. The Morgan fingerprint density at radius 2 is 2.00 bits per heavy atom. The van der Waals surface area contributed by atoms with E-state index in [0.29, 0.717) is 0 Å². The molecule has 0 aliphatic carbocycles. The molecule has 0 amide bonds. The quantitative estimate of drug-likeness (QED) is 0.487. The lowest BCUT2D eigenvalue weighted by molar-refractivity contribution is -0.192. The van der Waals surface area contributed by atoms with E-state index >= 15 is 0 Å². The number of alkyl halides is 3. The Morgan fingerprint density at radius 3 is 2.28 bits per heavy atom. The summed E-state index contributed by atoms with van der Waals surface area (Å²) in [6, 6.07) is 0. The molecule has 1 atom stereocenters. The van der Waals surface area contributed by atoms with Crippen LogP contribution in [-0.4, -0.2) is 65.6 Å². The van der Waals surface area contributed by atoms with Crippen molar-refractivity contribution in [1.29, 1.82) is 0 Å². The van der Waals surface area contributed by atoms with Crippen molar-refractivity contribution in [1.82, 2.24) is 5.32 Å². The molecule has 1 saturated heterocycles. The fraction of sp³-hybridized carbons (Fsp3) is 0.750. The smallest absolute Gasteiger partial charge is 0.475 e. The van der Waals surface area contributed by atoms with E-state index in [1.165, 1.54) is 0 Å². The molecule has 1 aliphatic rings. The van der Waals surface area contributed by atoms with Crippen LogP contribution in [0.25, 0.3) is 0 Å². The lowest BCUT2D eigenvalue weighted by atomic mass is 10.2. The highest BCUT2D eigenvalue weighted by atomic mass is 19.4. The van der Waals surface area contributed by atoms with Crippen LogP contribution in [0.1, 0.15) is 0 Å². The Hall–Kier alpha value is -1.39. The number of aliphatic hydroxyl groups is 2. The molecule has 0 unspecified atom stereocenters. The van der Waals surface area contributed by atoms with E-state index in [9.17, 15) is 13.2 Å². The largest absolute Gasteiger partial charge is 0.490 e. The van der Waals surface area contributed by atoms with Crippen LogP contribution in [0.4, 0.5) is 13.2 Å². The number of carbonyl (C=O) groups is 1. The molecule has 0 saturated carbocycles. The molecule has 10 heteroatoms. The number of aliphatic hydroxyl groups excluding tert-OH is 2. The predicted octanol–water partition coefficient (Wildman–Crippen LogP) is -1.05. The van der Waals surface area contributed by atoms with Crippen LogP contribution in [0.5, 0.6) is 0 Å². The fourth-order valence-electron chi connectivity index (χ4n) is 0.569. The first-order valence-electron chi connectivity index (χ1n) is 4.74. The van der Waals surface area contributed by atoms with Gasteiger partial charge in [0, 0.05) is 13.1 Å². The Bertz CT molecular complexity index is 289. The van der Waals surface area contributed by atoms with Gasteiger partial charge < -0.3 is 25.5 Å². The van der Waals surface area contributed by atoms with Crippen LogP contribution in [0.2, 0.25) is 0 Å². The molecule has 18 heavy (non-hydrogen) atoms. The van der Waals surface area contributed by atoms with Gasteiger partial charge in [-0.05, 0) is 0 Å². The Labute approximate surface area is 99.8 Å². The van der Waals surface area contributed by atoms with E-state index in [4.69, 9.17) is 25.0 Å². The molecule has 0 aromatic rings. The number of halogens is 3. The molecule has 1 aliphatic heterocycles. The number of nitrogens with one attached hydrogen (secondary N) is 1. The number of carboxylic acids is 1. The normalized spacial score (nSPS) is 15.9. The lowest BCUT2D eigenvalue weighted by Gasteiger charge is -2.16. The molecule has 1 fully saturated rings. The van der Waals surface area contributed by atoms with E-state index < -0.39 is 18.2 Å². The van der Waals surface area contributed by atoms with E-state index in [1.54, 1.807) is 0 Å². The van der Waals surface area contributed by atoms with Gasteiger partial charge in [-0.25, -0.2) is 4.79 Å². The van der Waals surface area contributed by atoms with Crippen LogP contribution in [0.15, 0.2) is 5.16 Å². The average Bonchev–Trinajstić information content (AvgIpc) is 2.20. The third-order valence-electron chi connectivity index (χ3n) is 1.57. The highest BCUT2D eigenvalue weighted by molar-refractivity contribution is 5.92. The lowest BCUT2D eigenvalue weighted by Crippen LogP contribution is -2.42. The minimum Gasteiger partial charge on any atom is -0.475 e. The third kappa shape index (κ3) is 7.81. The van der Waals surface area contributed by atoms with Gasteiger partial charge in [-0.3, -0.25) is 0 Å². The van der Waals surface area contributed by atoms with E-state index in [-0.39, 0.29) is 13.2 Å². The molecule has 4 N–H and O–H groups in total. The first kappa shape index (κ1) is 16.6. The van der Waals surface area contributed by atoms with Crippen LogP contribution < -0.4 is 5.32 Å². The highest BCUT2D eigenvalue weighted by Crippen LogP contribution is 2.13. The van der Waals surface area contributed by atoms with Gasteiger partial charge in [0.25, 0.3) is 0 Å². The molecule has 0 radical (unpaired) electrons. The molecule has 1 heterocycles. The Kier molecular flexibility index (Phi) is 7.24. The van der Waals surface area contributed by atoms with Crippen molar-refractivity contribution in [2.75, 3.05) is 26.3 Å². The van der Waals surface area contributed by atoms with Gasteiger partial charge in [-0.1, -0.05) is 5.16 Å². The average molecular weight is 274 g/mol. The SMILES string of the molecule is O=C(O)C(F)(F)F.OC[C@@H](O)CON=C1CNC1. The van der Waals surface area contributed by atoms with Gasteiger partial charge in [0.05, 0.1) is 12.3 Å². The molecule has 106 valence electrons. The Balaban J connectivity index is 0.000000360. The molecule has 0 aromatic carbocycles. The molecule has 0 bridgehead atoms. The summed E-state index contributed by atoms with van der Waals surface area (Å²) in [5.74, 6) is -2.76. The maximum absolute atomic E-state index is 10.6. The Morgan fingerprint density at radius 1 is 1.50 bits per heavy atom. The number of rotatable bonds is 4. The molecular weight excluding hydrogens is 261 g/mol. The van der Waals surface area contributed by atoms with Crippen molar-refractivity contribution in [3.63, 3.8) is 0 Å². The summed E-state index contributed by atoms with van der Waals surface area (Å²) in [6.45, 7) is 1.29. The number of oxime groups is 1. The predicted molar refractivity (Wildman–Crippen MR) is 53.0 cm³/mol. The molecular formula is C8H13F3N2O5. The zero-order chi connectivity index (χ0) is 14.2. The van der Waals surface area contributed by atoms with Gasteiger partial charge in [-0.15, -0.1) is 0 Å². The zero-order valence-electron chi connectivity index (χ0n) is 9.15. The number of hydrogen-bond acceptors (Lipinski definition) is 6. The summed E-state index contributed by atoms with van der Waals surface area (Å²) in [7, 11) is 0. The van der Waals surface area contributed by atoms with Crippen LogP contribution in [-0.2, 0) is 9.63 Å². The second kappa shape index (κ2) is 7.84. The number of aliphatic carboxylic acids is 1. The highest BCUT2D eigenvalue weighted by Gasteiger charge is 2.38. The van der Waals surface area contributed by atoms with Gasteiger partial charge >= 0.3 is 12.1 Å². The summed E-state index contributed by atoms with van der Waals surface area (Å²) in [5, 5.41) is 31.0. The zero-order valence-corrected chi connectivity index (χ0v) is 9.15. The summed E-state index contributed by atoms with van der Waals surface area (Å²) in [4.78, 5) is 13.6. The van der Waals surface area contributed by atoms with Crippen LogP contribution >= 0.6 is 0 Å². The second-order valence-electron chi connectivity index (χ2n) is 3.20. The van der Waals surface area contributed by atoms with Gasteiger partial charge in [0.15, 0.2) is 0 Å². The summed E-state index contributed by atoms with van der Waals surface area (Å²) in [5.41, 5.74) is 0.940. The van der Waals surface area contributed by atoms with Crippen molar-refractivity contribution in [2.24, 2.45) is 5.16 Å². The van der Waals surface area contributed by atoms with Gasteiger partial charge in [-0.2, -0.15) is 13.2 Å². The van der Waals surface area contributed by atoms with Crippen LogP contribution in [0, 0.1) is 0 Å². The monoisotopic (exact) mass is 274 g/mol. The van der Waals surface area contributed by atoms with Crippen LogP contribution in [0.3, 0.4) is 0 Å². The summed E-state index contributed by atoms with van der Waals surface area (Å²) < 4.78 is 31.7. The number of hydrogen-bond donors (Lipinski definition) is 4. The third-order valence-corrected chi connectivity index (χ3v) is 1.57. The van der Waals surface area contributed by atoms with Gasteiger partial charge in [0.2, 0.25) is 0 Å². The van der Waals surface area contributed by atoms with Crippen molar-refractivity contribution < 1.29 is 38.1 Å². The first-order chi connectivity index (χ1) is 8.27. The molecule has 0 spiro atoms. The summed E-state index contributed by atoms with van der Waals surface area (Å²) >= 11 is 0. The van der Waals surface area contributed by atoms with Crippen molar-refractivity contribution in [2.45, 2.75) is 12.3 Å². The van der Waals surface area contributed by atoms with Crippen molar-refractivity contribution >= 4 is 11.7 Å². The topological polar surface area (TPSA) is 111 Å². The van der Waals surface area contributed by atoms with E-state index in [2.05, 4.69) is 10.5 Å². The second-order valence-corrected chi connectivity index (χ2v) is 3.20. The standard InChI is InChI=1S/C6H12N2O3.C2HF3O2/c9-3-6(10)4-11-8-5-1-7-2-5;3-2(4,5)1(6)7/h6-7,9-10H,1-4H2;(H,6,7)/t6-;/m1./s1. The molecule has 7 nitrogen and oxygen atoms in total. The number of nitrogens with zero attached hydrogens (tertiary/aromatic N) is 1. The fourth-order valence-corrected chi connectivity index (χ4v) is 0.569. The molecule has 1 rings (SSSR count). The minimum atomic E-state index is -5.08.